The lowest BCUT2D eigenvalue weighted by atomic mass is 10.1. The lowest BCUT2D eigenvalue weighted by molar-refractivity contribution is -0.387. The molecule has 0 spiro atoms. The molecule has 0 N–H and O–H groups in total. The minimum Gasteiger partial charge on any atom is -0.362 e. The normalized spacial score (nSPS) is 17.9. The summed E-state index contributed by atoms with van der Waals surface area (Å²) in [6.07, 6.45) is 0.953. The monoisotopic (exact) mass is 400 g/mol. The van der Waals surface area contributed by atoms with Crippen LogP contribution >= 0.6 is 0 Å². The van der Waals surface area contributed by atoms with Gasteiger partial charge in [0.15, 0.2) is 9.84 Å². The van der Waals surface area contributed by atoms with Gasteiger partial charge in [-0.2, -0.15) is 5.26 Å². The summed E-state index contributed by atoms with van der Waals surface area (Å²) in [6.45, 7) is 1.86. The Labute approximate surface area is 163 Å². The molecule has 0 aromatic heterocycles. The topological polar surface area (TPSA) is 108 Å². The van der Waals surface area contributed by atoms with E-state index >= 15 is 0 Å². The average Bonchev–Trinajstić information content (AvgIpc) is 2.67. The number of hydrogen-bond acceptors (Lipinski definition) is 7. The van der Waals surface area contributed by atoms with Gasteiger partial charge in [-0.1, -0.05) is 36.4 Å². The molecule has 0 amide bonds. The molecule has 1 atom stereocenters. The standard InChI is InChI=1S/C19H20N4O4S/c1-28(26,27)18-9-5-8-17(19(18)23(24)25)22-11-10-21(16(12-20)14-22)13-15-6-3-2-4-7-15/h2-9,16H,10-11,13-14H2,1H3. The number of nitrogens with zero attached hydrogens (tertiary/aromatic N) is 4. The Morgan fingerprint density at radius 1 is 1.18 bits per heavy atom. The third kappa shape index (κ3) is 4.13. The van der Waals surface area contributed by atoms with E-state index < -0.39 is 26.5 Å². The van der Waals surface area contributed by atoms with Gasteiger partial charge >= 0.3 is 5.69 Å². The first-order valence-corrected chi connectivity index (χ1v) is 10.6. The number of nitriles is 1. The predicted octanol–water partition coefficient (Wildman–Crippen LogP) is 2.21. The number of anilines is 1. The van der Waals surface area contributed by atoms with Crippen LogP contribution in [0.3, 0.4) is 0 Å². The molecule has 0 bridgehead atoms. The molecule has 8 nitrogen and oxygen atoms in total. The molecule has 0 saturated carbocycles. The molecule has 9 heteroatoms. The molecular formula is C19H20N4O4S. The van der Waals surface area contributed by atoms with E-state index in [1.54, 1.807) is 4.90 Å². The van der Waals surface area contributed by atoms with E-state index in [1.807, 2.05) is 35.2 Å². The third-order valence-electron chi connectivity index (χ3n) is 4.77. The first kappa shape index (κ1) is 19.8. The molecule has 0 aliphatic carbocycles. The van der Waals surface area contributed by atoms with Gasteiger partial charge in [0.2, 0.25) is 0 Å². The molecule has 1 aliphatic rings. The summed E-state index contributed by atoms with van der Waals surface area (Å²) in [5, 5.41) is 21.2. The molecule has 2 aromatic rings. The summed E-state index contributed by atoms with van der Waals surface area (Å²) in [7, 11) is -3.75. The van der Waals surface area contributed by atoms with Crippen molar-refractivity contribution in [2.24, 2.45) is 0 Å². The second-order valence-electron chi connectivity index (χ2n) is 6.70. The number of nitro groups is 1. The van der Waals surface area contributed by atoms with Crippen LogP contribution in [0.5, 0.6) is 0 Å². The zero-order valence-electron chi connectivity index (χ0n) is 15.4. The van der Waals surface area contributed by atoms with Crippen LogP contribution in [0.2, 0.25) is 0 Å². The van der Waals surface area contributed by atoms with Crippen LogP contribution in [0.1, 0.15) is 5.56 Å². The van der Waals surface area contributed by atoms with Gasteiger partial charge in [-0.05, 0) is 17.7 Å². The van der Waals surface area contributed by atoms with Crippen molar-refractivity contribution in [3.05, 3.63) is 64.2 Å². The molecular weight excluding hydrogens is 380 g/mol. The fourth-order valence-electron chi connectivity index (χ4n) is 3.42. The van der Waals surface area contributed by atoms with E-state index in [2.05, 4.69) is 6.07 Å². The molecule has 146 valence electrons. The van der Waals surface area contributed by atoms with Crippen molar-refractivity contribution in [3.63, 3.8) is 0 Å². The highest BCUT2D eigenvalue weighted by molar-refractivity contribution is 7.90. The summed E-state index contributed by atoms with van der Waals surface area (Å²) >= 11 is 0. The van der Waals surface area contributed by atoms with E-state index in [-0.39, 0.29) is 17.1 Å². The Morgan fingerprint density at radius 2 is 1.89 bits per heavy atom. The molecule has 2 aromatic carbocycles. The number of hydrogen-bond donors (Lipinski definition) is 0. The van der Waals surface area contributed by atoms with Crippen molar-refractivity contribution >= 4 is 21.2 Å². The minimum absolute atomic E-state index is 0.229. The Bertz CT molecular complexity index is 1020. The number of piperazine rings is 1. The van der Waals surface area contributed by atoms with E-state index in [0.717, 1.165) is 11.8 Å². The summed E-state index contributed by atoms with van der Waals surface area (Å²) in [5.41, 5.74) is 0.881. The number of nitro benzene ring substituents is 1. The quantitative estimate of drug-likeness (QED) is 0.559. The van der Waals surface area contributed by atoms with Crippen LogP contribution in [0, 0.1) is 21.4 Å². The van der Waals surface area contributed by atoms with Crippen LogP contribution in [-0.2, 0) is 16.4 Å². The maximum Gasteiger partial charge on any atom is 0.311 e. The zero-order valence-corrected chi connectivity index (χ0v) is 16.2. The molecule has 3 rings (SSSR count). The van der Waals surface area contributed by atoms with Crippen molar-refractivity contribution < 1.29 is 13.3 Å². The van der Waals surface area contributed by atoms with Gasteiger partial charge in [0.1, 0.15) is 16.6 Å². The second kappa shape index (κ2) is 7.96. The molecule has 1 aliphatic heterocycles. The Kier molecular flexibility index (Phi) is 5.63. The molecule has 1 saturated heterocycles. The van der Waals surface area contributed by atoms with E-state index in [1.165, 1.54) is 18.2 Å². The van der Waals surface area contributed by atoms with Crippen molar-refractivity contribution in [2.75, 3.05) is 30.8 Å². The molecule has 1 unspecified atom stereocenters. The molecule has 0 radical (unpaired) electrons. The van der Waals surface area contributed by atoms with Crippen LogP contribution in [0.4, 0.5) is 11.4 Å². The van der Waals surface area contributed by atoms with Gasteiger partial charge in [0.05, 0.1) is 11.0 Å². The first-order valence-electron chi connectivity index (χ1n) is 8.71. The Balaban J connectivity index is 1.89. The zero-order chi connectivity index (χ0) is 20.3. The average molecular weight is 400 g/mol. The summed E-state index contributed by atoms with van der Waals surface area (Å²) in [6, 6.07) is 15.9. The van der Waals surface area contributed by atoms with Gasteiger partial charge < -0.3 is 4.90 Å². The van der Waals surface area contributed by atoms with Crippen LogP contribution in [-0.4, -0.2) is 50.2 Å². The smallest absolute Gasteiger partial charge is 0.311 e. The highest BCUT2D eigenvalue weighted by Crippen LogP contribution is 2.35. The maximum atomic E-state index is 12.0. The van der Waals surface area contributed by atoms with Crippen molar-refractivity contribution in [3.8, 4) is 6.07 Å². The van der Waals surface area contributed by atoms with Crippen molar-refractivity contribution in [2.45, 2.75) is 17.5 Å². The Morgan fingerprint density at radius 3 is 2.50 bits per heavy atom. The van der Waals surface area contributed by atoms with E-state index in [0.29, 0.717) is 19.6 Å². The second-order valence-corrected chi connectivity index (χ2v) is 8.68. The van der Waals surface area contributed by atoms with Gasteiger partial charge in [-0.3, -0.25) is 15.0 Å². The third-order valence-corrected chi connectivity index (χ3v) is 5.90. The minimum atomic E-state index is -3.75. The summed E-state index contributed by atoms with van der Waals surface area (Å²) in [4.78, 5) is 14.4. The highest BCUT2D eigenvalue weighted by atomic mass is 32.2. The van der Waals surface area contributed by atoms with Crippen LogP contribution < -0.4 is 4.90 Å². The first-order chi connectivity index (χ1) is 13.3. The fraction of sp³-hybridized carbons (Fsp3) is 0.316. The largest absolute Gasteiger partial charge is 0.362 e. The summed E-state index contributed by atoms with van der Waals surface area (Å²) in [5.74, 6) is 0. The molecule has 1 heterocycles. The van der Waals surface area contributed by atoms with Crippen LogP contribution in [0.25, 0.3) is 0 Å². The predicted molar refractivity (Wildman–Crippen MR) is 105 cm³/mol. The molecule has 1 fully saturated rings. The van der Waals surface area contributed by atoms with Gasteiger partial charge in [0.25, 0.3) is 0 Å². The van der Waals surface area contributed by atoms with Gasteiger partial charge in [-0.25, -0.2) is 8.42 Å². The number of sulfone groups is 1. The fourth-order valence-corrected chi connectivity index (χ4v) is 4.27. The van der Waals surface area contributed by atoms with E-state index in [9.17, 15) is 23.8 Å². The Hall–Kier alpha value is -2.96. The van der Waals surface area contributed by atoms with E-state index in [4.69, 9.17) is 0 Å². The highest BCUT2D eigenvalue weighted by Gasteiger charge is 2.33. The maximum absolute atomic E-state index is 12.0. The molecule has 28 heavy (non-hydrogen) atoms. The number of benzene rings is 2. The number of rotatable bonds is 5. The van der Waals surface area contributed by atoms with Crippen LogP contribution in [0.15, 0.2) is 53.4 Å². The number of para-hydroxylation sites is 1. The van der Waals surface area contributed by atoms with Crippen molar-refractivity contribution in [1.29, 1.82) is 5.26 Å². The lowest BCUT2D eigenvalue weighted by Gasteiger charge is -2.39. The lowest BCUT2D eigenvalue weighted by Crippen LogP contribution is -2.52. The van der Waals surface area contributed by atoms with Crippen molar-refractivity contribution in [1.82, 2.24) is 4.90 Å². The van der Waals surface area contributed by atoms with Gasteiger partial charge in [-0.15, -0.1) is 0 Å². The SMILES string of the molecule is CS(=O)(=O)c1cccc(N2CCN(Cc3ccccc3)C(C#N)C2)c1[N+](=O)[O-]. The van der Waals surface area contributed by atoms with Gasteiger partial charge in [0, 0.05) is 32.4 Å². The summed E-state index contributed by atoms with van der Waals surface area (Å²) < 4.78 is 24.0.